The summed E-state index contributed by atoms with van der Waals surface area (Å²) < 4.78 is 0. The molecule has 4 rings (SSSR count). The molecule has 3 aliphatic heterocycles. The van der Waals surface area contributed by atoms with Crippen LogP contribution in [0.4, 0.5) is 16.2 Å². The van der Waals surface area contributed by atoms with Crippen molar-refractivity contribution in [3.63, 3.8) is 0 Å². The van der Waals surface area contributed by atoms with Crippen molar-refractivity contribution < 1.29 is 14.4 Å². The van der Waals surface area contributed by atoms with E-state index in [2.05, 4.69) is 15.5 Å². The van der Waals surface area contributed by atoms with Gasteiger partial charge in [0.25, 0.3) is 0 Å². The van der Waals surface area contributed by atoms with E-state index in [0.717, 1.165) is 46.1 Å². The molecule has 0 radical (unpaired) electrons. The molecule has 1 aromatic carbocycles. The molecule has 2 N–H and O–H groups in total. The van der Waals surface area contributed by atoms with Gasteiger partial charge in [0.05, 0.1) is 6.04 Å². The number of rotatable bonds is 2. The largest absolute Gasteiger partial charge is 0.367 e. The predicted molar refractivity (Wildman–Crippen MR) is 114 cm³/mol. The van der Waals surface area contributed by atoms with Gasteiger partial charge in [-0.2, -0.15) is 0 Å². The lowest BCUT2D eigenvalue weighted by atomic mass is 9.68. The number of fused-ring (bicyclic) bond motifs is 4. The fourth-order valence-corrected chi connectivity index (χ4v) is 5.19. The zero-order valence-electron chi connectivity index (χ0n) is 16.8. The minimum Gasteiger partial charge on any atom is -0.367 e. The van der Waals surface area contributed by atoms with E-state index >= 15 is 0 Å². The van der Waals surface area contributed by atoms with Crippen LogP contribution in [0.2, 0.25) is 0 Å². The molecule has 0 aliphatic carbocycles. The Balaban J connectivity index is 1.78. The molecule has 3 heterocycles. The summed E-state index contributed by atoms with van der Waals surface area (Å²) in [6.07, 6.45) is 1.92. The number of benzene rings is 1. The quantitative estimate of drug-likeness (QED) is 0.560. The summed E-state index contributed by atoms with van der Waals surface area (Å²) in [5.41, 5.74) is 1.48. The fraction of sp³-hybridized carbons (Fsp3) is 0.500. The Bertz CT molecular complexity index is 893. The number of carbonyl (C=O) groups excluding carboxylic acids is 3. The van der Waals surface area contributed by atoms with Crippen LogP contribution < -0.4 is 15.5 Å². The standard InChI is InChI=1S/C20H25N5O3S/c1-4-21-18(29)22-13-7-8-14-12(10-13)11-20(15-6-5-9-25(14)15)16(26)23(2)19(28)24(3)17(20)27/h7-8,10,15H,4-6,9,11H2,1-3H3,(H2,21,22,29)/t15-/m0/s1. The van der Waals surface area contributed by atoms with Gasteiger partial charge in [-0.1, -0.05) is 0 Å². The normalized spacial score (nSPS) is 22.7. The fourth-order valence-electron chi connectivity index (χ4n) is 4.93. The number of hydrogen-bond acceptors (Lipinski definition) is 5. The lowest BCUT2D eigenvalue weighted by Gasteiger charge is -2.50. The summed E-state index contributed by atoms with van der Waals surface area (Å²) in [4.78, 5) is 43.4. The third kappa shape index (κ3) is 2.78. The summed E-state index contributed by atoms with van der Waals surface area (Å²) in [6, 6.07) is 5.12. The minimum atomic E-state index is -1.28. The van der Waals surface area contributed by atoms with Gasteiger partial charge in [-0.05, 0) is 62.2 Å². The van der Waals surface area contributed by atoms with E-state index in [0.29, 0.717) is 11.7 Å². The maximum atomic E-state index is 13.4. The summed E-state index contributed by atoms with van der Waals surface area (Å²) in [6.45, 7) is 3.46. The van der Waals surface area contributed by atoms with Crippen molar-refractivity contribution in [2.24, 2.45) is 5.41 Å². The SMILES string of the molecule is CCNC(=S)Nc1ccc2c(c1)CC1(C(=O)N(C)C(=O)N(C)C1=O)[C@@H]1CCCN21. The molecule has 3 aliphatic rings. The molecule has 2 fully saturated rings. The monoisotopic (exact) mass is 415 g/mol. The van der Waals surface area contributed by atoms with Gasteiger partial charge in [-0.3, -0.25) is 19.4 Å². The predicted octanol–water partition coefficient (Wildman–Crippen LogP) is 1.55. The van der Waals surface area contributed by atoms with Crippen molar-refractivity contribution in [2.75, 3.05) is 37.4 Å². The van der Waals surface area contributed by atoms with E-state index in [1.54, 1.807) is 0 Å². The number of hydrogen-bond donors (Lipinski definition) is 2. The zero-order chi connectivity index (χ0) is 20.9. The summed E-state index contributed by atoms with van der Waals surface area (Å²) in [5, 5.41) is 6.72. The lowest BCUT2D eigenvalue weighted by Crippen LogP contribution is -2.70. The van der Waals surface area contributed by atoms with E-state index in [4.69, 9.17) is 12.2 Å². The van der Waals surface area contributed by atoms with E-state index in [9.17, 15) is 14.4 Å². The number of imide groups is 2. The van der Waals surface area contributed by atoms with Crippen LogP contribution in [-0.4, -0.2) is 66.0 Å². The zero-order valence-corrected chi connectivity index (χ0v) is 17.6. The molecule has 1 spiro atoms. The second-order valence-corrected chi connectivity index (χ2v) is 8.25. The number of thiocarbonyl (C=S) groups is 1. The first-order chi connectivity index (χ1) is 13.8. The first-order valence-corrected chi connectivity index (χ1v) is 10.3. The van der Waals surface area contributed by atoms with Crippen LogP contribution in [-0.2, 0) is 16.0 Å². The number of carbonyl (C=O) groups is 3. The molecule has 0 saturated carbocycles. The van der Waals surface area contributed by atoms with Crippen molar-refractivity contribution in [1.82, 2.24) is 15.1 Å². The average Bonchev–Trinajstić information content (AvgIpc) is 3.20. The number of anilines is 2. The first-order valence-electron chi connectivity index (χ1n) is 9.86. The number of amides is 4. The Hall–Kier alpha value is -2.68. The molecular formula is C20H25N5O3S. The van der Waals surface area contributed by atoms with Gasteiger partial charge in [0.2, 0.25) is 11.8 Å². The molecule has 2 saturated heterocycles. The molecule has 0 bridgehead atoms. The lowest BCUT2D eigenvalue weighted by molar-refractivity contribution is -0.159. The van der Waals surface area contributed by atoms with Gasteiger partial charge in [0, 0.05) is 38.6 Å². The summed E-state index contributed by atoms with van der Waals surface area (Å²) >= 11 is 5.27. The van der Waals surface area contributed by atoms with Gasteiger partial charge in [0.1, 0.15) is 0 Å². The number of urea groups is 1. The van der Waals surface area contributed by atoms with Crippen molar-refractivity contribution in [1.29, 1.82) is 0 Å². The number of nitrogens with one attached hydrogen (secondary N) is 2. The molecule has 1 aromatic rings. The van der Waals surface area contributed by atoms with Gasteiger partial charge < -0.3 is 15.5 Å². The molecule has 0 aromatic heterocycles. The van der Waals surface area contributed by atoms with E-state index in [1.807, 2.05) is 25.1 Å². The molecule has 1 atom stereocenters. The smallest absolute Gasteiger partial charge is 0.332 e. The van der Waals surface area contributed by atoms with Gasteiger partial charge >= 0.3 is 6.03 Å². The first kappa shape index (κ1) is 19.6. The van der Waals surface area contributed by atoms with Crippen LogP contribution >= 0.6 is 12.2 Å². The maximum absolute atomic E-state index is 13.4. The maximum Gasteiger partial charge on any atom is 0.332 e. The Morgan fingerprint density at radius 3 is 2.55 bits per heavy atom. The second kappa shape index (κ2) is 6.98. The van der Waals surface area contributed by atoms with Crippen LogP contribution in [0.5, 0.6) is 0 Å². The molecule has 154 valence electrons. The summed E-state index contributed by atoms with van der Waals surface area (Å²) in [5.74, 6) is -0.815. The Morgan fingerprint density at radius 2 is 1.90 bits per heavy atom. The minimum absolute atomic E-state index is 0.241. The molecule has 9 heteroatoms. The Labute approximate surface area is 175 Å². The third-order valence-corrected chi connectivity index (χ3v) is 6.47. The molecule has 0 unspecified atom stereocenters. The molecule has 8 nitrogen and oxygen atoms in total. The average molecular weight is 416 g/mol. The van der Waals surface area contributed by atoms with Crippen LogP contribution in [0, 0.1) is 5.41 Å². The highest BCUT2D eigenvalue weighted by Gasteiger charge is 2.63. The molecule has 4 amide bonds. The van der Waals surface area contributed by atoms with E-state index in [1.165, 1.54) is 14.1 Å². The summed E-state index contributed by atoms with van der Waals surface area (Å²) in [7, 11) is 2.91. The highest BCUT2D eigenvalue weighted by atomic mass is 32.1. The second-order valence-electron chi connectivity index (χ2n) is 7.84. The van der Waals surface area contributed by atoms with Crippen molar-refractivity contribution >= 4 is 46.6 Å². The van der Waals surface area contributed by atoms with Gasteiger partial charge in [-0.25, -0.2) is 4.79 Å². The van der Waals surface area contributed by atoms with E-state index < -0.39 is 23.3 Å². The van der Waals surface area contributed by atoms with Crippen LogP contribution in [0.25, 0.3) is 0 Å². The van der Waals surface area contributed by atoms with Crippen molar-refractivity contribution in [3.8, 4) is 0 Å². The van der Waals surface area contributed by atoms with Crippen molar-refractivity contribution in [3.05, 3.63) is 23.8 Å². The Morgan fingerprint density at radius 1 is 1.21 bits per heavy atom. The number of barbiturate groups is 1. The van der Waals surface area contributed by atoms with Gasteiger partial charge in [0.15, 0.2) is 10.5 Å². The van der Waals surface area contributed by atoms with Crippen LogP contribution in [0.1, 0.15) is 25.3 Å². The van der Waals surface area contributed by atoms with Gasteiger partial charge in [-0.15, -0.1) is 0 Å². The molecule has 29 heavy (non-hydrogen) atoms. The van der Waals surface area contributed by atoms with Crippen molar-refractivity contribution in [2.45, 2.75) is 32.2 Å². The number of nitrogens with zero attached hydrogens (tertiary/aromatic N) is 3. The third-order valence-electron chi connectivity index (χ3n) is 6.22. The highest BCUT2D eigenvalue weighted by Crippen LogP contribution is 2.49. The topological polar surface area (TPSA) is 85.0 Å². The Kier molecular flexibility index (Phi) is 4.72. The van der Waals surface area contributed by atoms with Crippen LogP contribution in [0.15, 0.2) is 18.2 Å². The van der Waals surface area contributed by atoms with Crippen LogP contribution in [0.3, 0.4) is 0 Å². The van der Waals surface area contributed by atoms with E-state index in [-0.39, 0.29) is 12.5 Å². The molecular weight excluding hydrogens is 390 g/mol. The highest BCUT2D eigenvalue weighted by molar-refractivity contribution is 7.80.